The normalized spacial score (nSPS) is 11.8. The van der Waals surface area contributed by atoms with Gasteiger partial charge in [0.15, 0.2) is 5.82 Å². The zero-order chi connectivity index (χ0) is 14.6. The van der Waals surface area contributed by atoms with Gasteiger partial charge in [-0.3, -0.25) is 0 Å². The molecule has 0 aliphatic carbocycles. The summed E-state index contributed by atoms with van der Waals surface area (Å²) < 4.78 is 40.0. The Morgan fingerprint density at radius 2 is 2.11 bits per heavy atom. The van der Waals surface area contributed by atoms with Crippen molar-refractivity contribution in [2.45, 2.75) is 17.7 Å². The number of aliphatic hydroxyl groups is 1. The second kappa shape index (κ2) is 6.85. The first kappa shape index (κ1) is 16.6. The lowest BCUT2D eigenvalue weighted by atomic mass is 10.3. The standard InChI is InChI=1S/C10H13BrClFN2O3S/c11-8-6(12)5-7(9(13)10(8)14)19(17,18)15-3-1-2-4-16/h5,15-16H,1-4,14H2. The van der Waals surface area contributed by atoms with E-state index in [2.05, 4.69) is 20.7 Å². The van der Waals surface area contributed by atoms with E-state index in [0.717, 1.165) is 6.07 Å². The van der Waals surface area contributed by atoms with Crippen LogP contribution in [0.4, 0.5) is 10.1 Å². The molecule has 1 aromatic carbocycles. The highest BCUT2D eigenvalue weighted by atomic mass is 79.9. The smallest absolute Gasteiger partial charge is 0.243 e. The van der Waals surface area contributed by atoms with Gasteiger partial charge in [0, 0.05) is 13.2 Å². The van der Waals surface area contributed by atoms with Gasteiger partial charge >= 0.3 is 0 Å². The van der Waals surface area contributed by atoms with Gasteiger partial charge in [-0.05, 0) is 34.8 Å². The van der Waals surface area contributed by atoms with Crippen molar-refractivity contribution in [1.29, 1.82) is 0 Å². The molecule has 0 radical (unpaired) electrons. The Hall–Kier alpha value is -0.410. The van der Waals surface area contributed by atoms with E-state index in [4.69, 9.17) is 22.4 Å². The summed E-state index contributed by atoms with van der Waals surface area (Å²) in [4.78, 5) is -0.595. The number of halogens is 3. The predicted molar refractivity (Wildman–Crippen MR) is 75.0 cm³/mol. The molecule has 0 aromatic heterocycles. The van der Waals surface area contributed by atoms with Crippen molar-refractivity contribution in [3.8, 4) is 0 Å². The van der Waals surface area contributed by atoms with E-state index in [1.165, 1.54) is 0 Å². The molecule has 0 amide bonds. The summed E-state index contributed by atoms with van der Waals surface area (Å²) in [5.74, 6) is -1.05. The molecule has 108 valence electrons. The molecule has 0 aliphatic rings. The van der Waals surface area contributed by atoms with Crippen LogP contribution >= 0.6 is 27.5 Å². The monoisotopic (exact) mass is 374 g/mol. The van der Waals surface area contributed by atoms with E-state index in [0.29, 0.717) is 12.8 Å². The maximum absolute atomic E-state index is 13.8. The van der Waals surface area contributed by atoms with Crippen molar-refractivity contribution in [3.63, 3.8) is 0 Å². The van der Waals surface area contributed by atoms with E-state index in [-0.39, 0.29) is 28.3 Å². The predicted octanol–water partition coefficient (Wildman–Crippen LogP) is 1.87. The Balaban J connectivity index is 3.02. The van der Waals surface area contributed by atoms with E-state index >= 15 is 0 Å². The highest BCUT2D eigenvalue weighted by Gasteiger charge is 2.23. The molecule has 0 fully saturated rings. The van der Waals surface area contributed by atoms with Crippen molar-refractivity contribution in [2.24, 2.45) is 0 Å². The fourth-order valence-corrected chi connectivity index (χ4v) is 3.07. The molecule has 0 unspecified atom stereocenters. The first-order valence-electron chi connectivity index (χ1n) is 5.34. The lowest BCUT2D eigenvalue weighted by molar-refractivity contribution is 0.285. The maximum Gasteiger partial charge on any atom is 0.243 e. The van der Waals surface area contributed by atoms with Gasteiger partial charge in [0.2, 0.25) is 10.0 Å². The van der Waals surface area contributed by atoms with Crippen LogP contribution in [0.15, 0.2) is 15.4 Å². The molecule has 0 bridgehead atoms. The molecule has 1 aromatic rings. The van der Waals surface area contributed by atoms with Gasteiger partial charge in [0.25, 0.3) is 0 Å². The number of anilines is 1. The van der Waals surface area contributed by atoms with Crippen LogP contribution in [0.25, 0.3) is 0 Å². The molecule has 1 rings (SSSR count). The Morgan fingerprint density at radius 3 is 2.68 bits per heavy atom. The van der Waals surface area contributed by atoms with Crippen LogP contribution in [0.1, 0.15) is 12.8 Å². The van der Waals surface area contributed by atoms with Crippen molar-refractivity contribution in [2.75, 3.05) is 18.9 Å². The summed E-state index contributed by atoms with van der Waals surface area (Å²) >= 11 is 8.73. The second-order valence-corrected chi connectivity index (χ2v) is 6.66. The zero-order valence-electron chi connectivity index (χ0n) is 9.79. The molecular formula is C10H13BrClFN2O3S. The van der Waals surface area contributed by atoms with Crippen molar-refractivity contribution >= 4 is 43.2 Å². The van der Waals surface area contributed by atoms with Crippen LogP contribution in [0, 0.1) is 5.82 Å². The van der Waals surface area contributed by atoms with Crippen LogP contribution in [0.3, 0.4) is 0 Å². The van der Waals surface area contributed by atoms with Crippen LogP contribution in [0.5, 0.6) is 0 Å². The van der Waals surface area contributed by atoms with E-state index < -0.39 is 20.7 Å². The van der Waals surface area contributed by atoms with E-state index in [1.807, 2.05) is 0 Å². The Morgan fingerprint density at radius 1 is 1.47 bits per heavy atom. The largest absolute Gasteiger partial charge is 0.396 e. The summed E-state index contributed by atoms with van der Waals surface area (Å²) in [6, 6.07) is 0.992. The maximum atomic E-state index is 13.8. The highest BCUT2D eigenvalue weighted by molar-refractivity contribution is 9.10. The Kier molecular flexibility index (Phi) is 6.00. The number of hydrogen-bond acceptors (Lipinski definition) is 4. The quantitative estimate of drug-likeness (QED) is 0.402. The number of nitrogens with two attached hydrogens (primary N) is 1. The van der Waals surface area contributed by atoms with Crippen LogP contribution < -0.4 is 10.5 Å². The third-order valence-corrected chi connectivity index (χ3v) is 5.16. The summed E-state index contributed by atoms with van der Waals surface area (Å²) in [7, 11) is -4.03. The molecular weight excluding hydrogens is 363 g/mol. The van der Waals surface area contributed by atoms with Crippen LogP contribution in [-0.2, 0) is 10.0 Å². The molecule has 0 heterocycles. The summed E-state index contributed by atoms with van der Waals surface area (Å²) in [6.07, 6.45) is 0.894. The molecule has 0 saturated carbocycles. The lowest BCUT2D eigenvalue weighted by Gasteiger charge is -2.11. The molecule has 5 nitrogen and oxygen atoms in total. The number of unbranched alkanes of at least 4 members (excludes halogenated alkanes) is 1. The lowest BCUT2D eigenvalue weighted by Crippen LogP contribution is -2.26. The van der Waals surface area contributed by atoms with E-state index in [9.17, 15) is 12.8 Å². The molecule has 4 N–H and O–H groups in total. The van der Waals surface area contributed by atoms with Gasteiger partial charge < -0.3 is 10.8 Å². The summed E-state index contributed by atoms with van der Waals surface area (Å²) in [5, 5.41) is 8.59. The molecule has 0 atom stereocenters. The van der Waals surface area contributed by atoms with Gasteiger partial charge in [-0.25, -0.2) is 17.5 Å². The molecule has 0 aliphatic heterocycles. The third-order valence-electron chi connectivity index (χ3n) is 2.32. The number of nitrogen functional groups attached to an aromatic ring is 1. The third kappa shape index (κ3) is 4.03. The second-order valence-electron chi connectivity index (χ2n) is 3.73. The van der Waals surface area contributed by atoms with Gasteiger partial charge in [-0.2, -0.15) is 0 Å². The molecule has 0 saturated heterocycles. The van der Waals surface area contributed by atoms with Crippen molar-refractivity contribution in [1.82, 2.24) is 4.72 Å². The minimum Gasteiger partial charge on any atom is -0.396 e. The summed E-state index contributed by atoms with van der Waals surface area (Å²) in [6.45, 7) is 0.0586. The average Bonchev–Trinajstić information content (AvgIpc) is 2.36. The number of aliphatic hydroxyl groups excluding tert-OH is 1. The average molecular weight is 376 g/mol. The molecule has 9 heteroatoms. The Bertz CT molecular complexity index is 568. The fraction of sp³-hybridized carbons (Fsp3) is 0.400. The first-order chi connectivity index (χ1) is 8.81. The Labute approximate surface area is 124 Å². The van der Waals surface area contributed by atoms with Gasteiger partial charge in [-0.15, -0.1) is 0 Å². The number of nitrogens with one attached hydrogen (secondary N) is 1. The van der Waals surface area contributed by atoms with Crippen LogP contribution in [-0.4, -0.2) is 26.7 Å². The van der Waals surface area contributed by atoms with Gasteiger partial charge in [0.1, 0.15) is 4.90 Å². The van der Waals surface area contributed by atoms with Gasteiger partial charge in [-0.1, -0.05) is 11.6 Å². The fourth-order valence-electron chi connectivity index (χ4n) is 1.32. The minimum atomic E-state index is -4.03. The van der Waals surface area contributed by atoms with Crippen molar-refractivity contribution < 1.29 is 17.9 Å². The minimum absolute atomic E-state index is 0.00892. The van der Waals surface area contributed by atoms with Gasteiger partial charge in [0.05, 0.1) is 15.2 Å². The zero-order valence-corrected chi connectivity index (χ0v) is 12.9. The van der Waals surface area contributed by atoms with Crippen molar-refractivity contribution in [3.05, 3.63) is 21.4 Å². The number of rotatable bonds is 6. The number of sulfonamides is 1. The van der Waals surface area contributed by atoms with E-state index in [1.54, 1.807) is 0 Å². The number of benzene rings is 1. The molecule has 19 heavy (non-hydrogen) atoms. The van der Waals surface area contributed by atoms with Crippen LogP contribution in [0.2, 0.25) is 5.02 Å². The number of hydrogen-bond donors (Lipinski definition) is 3. The summed E-state index contributed by atoms with van der Waals surface area (Å²) in [5.41, 5.74) is 5.07. The first-order valence-corrected chi connectivity index (χ1v) is 8.00. The molecule has 0 spiro atoms. The topological polar surface area (TPSA) is 92.4 Å². The SMILES string of the molecule is Nc1c(F)c(S(=O)(=O)NCCCCO)cc(Cl)c1Br. The highest BCUT2D eigenvalue weighted by Crippen LogP contribution is 2.34.